The molecule has 0 spiro atoms. The van der Waals surface area contributed by atoms with Gasteiger partial charge >= 0.3 is 0 Å². The van der Waals surface area contributed by atoms with Crippen molar-refractivity contribution in [2.45, 2.75) is 31.4 Å². The van der Waals surface area contributed by atoms with Crippen molar-refractivity contribution < 1.29 is 9.52 Å². The van der Waals surface area contributed by atoms with E-state index in [0.717, 1.165) is 11.3 Å². The second-order valence-electron chi connectivity index (χ2n) is 6.55. The average Bonchev–Trinajstić information content (AvgIpc) is 3.07. The van der Waals surface area contributed by atoms with Gasteiger partial charge in [-0.3, -0.25) is 0 Å². The molecule has 134 valence electrons. The van der Waals surface area contributed by atoms with E-state index in [-0.39, 0.29) is 18.0 Å². The molecule has 2 aromatic heterocycles. The first-order valence-electron chi connectivity index (χ1n) is 8.50. The lowest BCUT2D eigenvalue weighted by molar-refractivity contribution is 0.0732. The monoisotopic (exact) mass is 352 g/mol. The number of aromatic nitrogens is 4. The standard InChI is InChI=1S/C18H20N6O2/c1-24(10-16-22-23-17(26-16)11-5-3-2-4-6-11)15-9-14(20-18(19)21-15)12-7-13(25)8-12/h2-6,9,12-13,25H,7-8,10H2,1H3,(H2,19,20,21). The third-order valence-electron chi connectivity index (χ3n) is 4.53. The largest absolute Gasteiger partial charge is 0.419 e. The summed E-state index contributed by atoms with van der Waals surface area (Å²) < 4.78 is 5.74. The fourth-order valence-corrected chi connectivity index (χ4v) is 3.00. The van der Waals surface area contributed by atoms with Gasteiger partial charge in [0.1, 0.15) is 5.82 Å². The average molecular weight is 352 g/mol. The summed E-state index contributed by atoms with van der Waals surface area (Å²) in [6, 6.07) is 11.5. The first-order valence-corrected chi connectivity index (χ1v) is 8.50. The lowest BCUT2D eigenvalue weighted by Crippen LogP contribution is -2.28. The molecule has 0 bridgehead atoms. The summed E-state index contributed by atoms with van der Waals surface area (Å²) in [5.41, 5.74) is 7.60. The molecule has 0 radical (unpaired) electrons. The Kier molecular flexibility index (Phi) is 4.26. The zero-order chi connectivity index (χ0) is 18.1. The summed E-state index contributed by atoms with van der Waals surface area (Å²) in [4.78, 5) is 10.5. The minimum absolute atomic E-state index is 0.223. The lowest BCUT2D eigenvalue weighted by atomic mass is 9.80. The van der Waals surface area contributed by atoms with Crippen LogP contribution in [0.5, 0.6) is 0 Å². The number of benzene rings is 1. The molecule has 0 aliphatic heterocycles. The van der Waals surface area contributed by atoms with Gasteiger partial charge in [0.05, 0.1) is 18.3 Å². The molecular weight excluding hydrogens is 332 g/mol. The predicted octanol–water partition coefficient (Wildman–Crippen LogP) is 1.98. The van der Waals surface area contributed by atoms with Crippen LogP contribution in [-0.2, 0) is 6.54 Å². The molecule has 1 saturated carbocycles. The summed E-state index contributed by atoms with van der Waals surface area (Å²) in [6.07, 6.45) is 1.18. The molecule has 0 amide bonds. The normalized spacial score (nSPS) is 19.2. The number of anilines is 2. The van der Waals surface area contributed by atoms with Gasteiger partial charge in [-0.05, 0) is 25.0 Å². The van der Waals surface area contributed by atoms with Gasteiger partial charge in [0.2, 0.25) is 17.7 Å². The van der Waals surface area contributed by atoms with Crippen LogP contribution in [0, 0.1) is 0 Å². The number of rotatable bonds is 5. The van der Waals surface area contributed by atoms with Crippen molar-refractivity contribution in [1.82, 2.24) is 20.2 Å². The van der Waals surface area contributed by atoms with Gasteiger partial charge in [-0.1, -0.05) is 18.2 Å². The molecule has 8 heteroatoms. The topological polar surface area (TPSA) is 114 Å². The van der Waals surface area contributed by atoms with Gasteiger partial charge in [0, 0.05) is 24.6 Å². The van der Waals surface area contributed by atoms with Crippen molar-refractivity contribution in [3.8, 4) is 11.5 Å². The second-order valence-corrected chi connectivity index (χ2v) is 6.55. The van der Waals surface area contributed by atoms with Crippen LogP contribution in [0.4, 0.5) is 11.8 Å². The maximum absolute atomic E-state index is 9.51. The second kappa shape index (κ2) is 6.72. The van der Waals surface area contributed by atoms with E-state index in [0.29, 0.717) is 37.0 Å². The molecule has 1 aliphatic carbocycles. The van der Waals surface area contributed by atoms with Gasteiger partial charge in [-0.2, -0.15) is 4.98 Å². The highest BCUT2D eigenvalue weighted by molar-refractivity contribution is 5.52. The number of hydrogen-bond donors (Lipinski definition) is 2. The van der Waals surface area contributed by atoms with E-state index in [2.05, 4.69) is 20.2 Å². The van der Waals surface area contributed by atoms with Crippen molar-refractivity contribution in [1.29, 1.82) is 0 Å². The molecule has 26 heavy (non-hydrogen) atoms. The smallest absolute Gasteiger partial charge is 0.247 e. The van der Waals surface area contributed by atoms with Gasteiger partial charge in [-0.25, -0.2) is 4.98 Å². The van der Waals surface area contributed by atoms with Crippen molar-refractivity contribution >= 4 is 11.8 Å². The Hall–Kier alpha value is -3.00. The molecule has 3 aromatic rings. The number of aliphatic hydroxyl groups is 1. The molecule has 1 aliphatic rings. The van der Waals surface area contributed by atoms with E-state index in [1.807, 2.05) is 48.3 Å². The number of hydrogen-bond acceptors (Lipinski definition) is 8. The fourth-order valence-electron chi connectivity index (χ4n) is 3.00. The van der Waals surface area contributed by atoms with Crippen LogP contribution in [0.15, 0.2) is 40.8 Å². The summed E-state index contributed by atoms with van der Waals surface area (Å²) in [5, 5.41) is 17.7. The van der Waals surface area contributed by atoms with E-state index in [1.54, 1.807) is 0 Å². The Balaban J connectivity index is 1.50. The number of nitrogen functional groups attached to an aromatic ring is 1. The zero-order valence-electron chi connectivity index (χ0n) is 14.4. The van der Waals surface area contributed by atoms with Crippen molar-refractivity contribution in [3.05, 3.63) is 48.0 Å². The number of aliphatic hydroxyl groups excluding tert-OH is 1. The van der Waals surface area contributed by atoms with Crippen molar-refractivity contribution in [2.75, 3.05) is 17.7 Å². The third-order valence-corrected chi connectivity index (χ3v) is 4.53. The Morgan fingerprint density at radius 3 is 2.69 bits per heavy atom. The van der Waals surface area contributed by atoms with E-state index in [1.165, 1.54) is 0 Å². The van der Waals surface area contributed by atoms with E-state index >= 15 is 0 Å². The van der Waals surface area contributed by atoms with Crippen LogP contribution in [0.25, 0.3) is 11.5 Å². The molecule has 1 fully saturated rings. The van der Waals surface area contributed by atoms with E-state index in [9.17, 15) is 5.11 Å². The van der Waals surface area contributed by atoms with Crippen LogP contribution in [0.3, 0.4) is 0 Å². The maximum atomic E-state index is 9.51. The zero-order valence-corrected chi connectivity index (χ0v) is 14.4. The molecular formula is C18H20N6O2. The van der Waals surface area contributed by atoms with Crippen LogP contribution >= 0.6 is 0 Å². The predicted molar refractivity (Wildman–Crippen MR) is 96.3 cm³/mol. The molecule has 4 rings (SSSR count). The highest BCUT2D eigenvalue weighted by atomic mass is 16.4. The molecule has 0 atom stereocenters. The molecule has 0 unspecified atom stereocenters. The molecule has 3 N–H and O–H groups in total. The fraction of sp³-hybridized carbons (Fsp3) is 0.333. The Morgan fingerprint density at radius 2 is 1.96 bits per heavy atom. The van der Waals surface area contributed by atoms with Crippen molar-refractivity contribution in [2.24, 2.45) is 0 Å². The van der Waals surface area contributed by atoms with Crippen molar-refractivity contribution in [3.63, 3.8) is 0 Å². The minimum atomic E-state index is -0.243. The van der Waals surface area contributed by atoms with Gasteiger partial charge in [0.15, 0.2) is 0 Å². The maximum Gasteiger partial charge on any atom is 0.247 e. The molecule has 1 aromatic carbocycles. The summed E-state index contributed by atoms with van der Waals surface area (Å²) in [6.45, 7) is 0.406. The van der Waals surface area contributed by atoms with Gasteiger partial charge < -0.3 is 20.2 Å². The lowest BCUT2D eigenvalue weighted by Gasteiger charge is -2.31. The highest BCUT2D eigenvalue weighted by Gasteiger charge is 2.30. The minimum Gasteiger partial charge on any atom is -0.419 e. The Bertz CT molecular complexity index is 892. The number of nitrogens with two attached hydrogens (primary N) is 1. The third kappa shape index (κ3) is 3.36. The van der Waals surface area contributed by atoms with Gasteiger partial charge in [0.25, 0.3) is 0 Å². The number of nitrogens with zero attached hydrogens (tertiary/aromatic N) is 5. The molecule has 2 heterocycles. The SMILES string of the molecule is CN(Cc1nnc(-c2ccccc2)o1)c1cc(C2CC(O)C2)nc(N)n1. The van der Waals surface area contributed by atoms with Crippen LogP contribution < -0.4 is 10.6 Å². The van der Waals surface area contributed by atoms with E-state index < -0.39 is 0 Å². The highest BCUT2D eigenvalue weighted by Crippen LogP contribution is 2.36. The summed E-state index contributed by atoms with van der Waals surface area (Å²) in [7, 11) is 1.88. The van der Waals surface area contributed by atoms with Crippen LogP contribution in [0.1, 0.15) is 30.3 Å². The first kappa shape index (κ1) is 16.5. The molecule has 8 nitrogen and oxygen atoms in total. The Labute approximate surface area is 150 Å². The first-order chi connectivity index (χ1) is 12.6. The Morgan fingerprint density at radius 1 is 1.19 bits per heavy atom. The molecule has 0 saturated heterocycles. The van der Waals surface area contributed by atoms with Crippen LogP contribution in [0.2, 0.25) is 0 Å². The van der Waals surface area contributed by atoms with E-state index in [4.69, 9.17) is 10.2 Å². The quantitative estimate of drug-likeness (QED) is 0.716. The summed E-state index contributed by atoms with van der Waals surface area (Å²) >= 11 is 0. The van der Waals surface area contributed by atoms with Crippen LogP contribution in [-0.4, -0.2) is 38.4 Å². The van der Waals surface area contributed by atoms with Gasteiger partial charge in [-0.15, -0.1) is 10.2 Å². The summed E-state index contributed by atoms with van der Waals surface area (Å²) in [5.74, 6) is 2.12.